The lowest BCUT2D eigenvalue weighted by molar-refractivity contribution is 0.102. The number of halogens is 1. The van der Waals surface area contributed by atoms with Crippen molar-refractivity contribution in [1.82, 2.24) is 9.78 Å². The van der Waals surface area contributed by atoms with Crippen LogP contribution in [-0.4, -0.2) is 15.7 Å². The van der Waals surface area contributed by atoms with Crippen molar-refractivity contribution < 1.29 is 4.79 Å². The second-order valence-corrected chi connectivity index (χ2v) is 6.83. The molecule has 0 spiro atoms. The maximum absolute atomic E-state index is 12.6. The summed E-state index contributed by atoms with van der Waals surface area (Å²) in [5.41, 5.74) is 0.867. The molecule has 114 valence electrons. The first-order valence-electron chi connectivity index (χ1n) is 7.02. The molecule has 0 atom stereocenters. The topological polar surface area (TPSA) is 46.9 Å². The number of amides is 1. The van der Waals surface area contributed by atoms with Crippen molar-refractivity contribution in [2.45, 2.75) is 26.8 Å². The van der Waals surface area contributed by atoms with E-state index < -0.39 is 0 Å². The molecule has 0 saturated carbocycles. The maximum Gasteiger partial charge on any atom is 0.268 e. The van der Waals surface area contributed by atoms with Crippen LogP contribution >= 0.6 is 22.9 Å². The van der Waals surface area contributed by atoms with Crippen LogP contribution in [0.3, 0.4) is 0 Å². The van der Waals surface area contributed by atoms with Gasteiger partial charge in [-0.05, 0) is 26.8 Å². The number of rotatable bonds is 3. The Balaban J connectivity index is 1.95. The fourth-order valence-corrected chi connectivity index (χ4v) is 3.75. The van der Waals surface area contributed by atoms with E-state index in [2.05, 4.69) is 10.4 Å². The molecule has 3 rings (SSSR count). The number of benzene rings is 1. The second-order valence-electron chi connectivity index (χ2n) is 5.40. The molecule has 0 aliphatic heterocycles. The normalized spacial score (nSPS) is 11.3. The number of thiophene rings is 1. The van der Waals surface area contributed by atoms with E-state index in [1.807, 2.05) is 51.1 Å². The van der Waals surface area contributed by atoms with Gasteiger partial charge >= 0.3 is 0 Å². The highest BCUT2D eigenvalue weighted by Crippen LogP contribution is 2.35. The van der Waals surface area contributed by atoms with E-state index in [1.54, 1.807) is 4.68 Å². The number of fused-ring (bicyclic) bond motifs is 1. The summed E-state index contributed by atoms with van der Waals surface area (Å²) in [7, 11) is 0. The molecule has 0 radical (unpaired) electrons. The van der Waals surface area contributed by atoms with Crippen LogP contribution in [0, 0.1) is 6.92 Å². The number of nitrogens with zero attached hydrogens (tertiary/aromatic N) is 2. The molecule has 22 heavy (non-hydrogen) atoms. The van der Waals surface area contributed by atoms with E-state index in [-0.39, 0.29) is 11.9 Å². The predicted octanol–water partition coefficient (Wildman–Crippen LogP) is 4.89. The standard InChI is InChI=1S/C16H16ClN3OS/c1-9(2)20-13(8-10(3)19-20)18-16(21)15-14(17)11-6-4-5-7-12(11)22-15/h4-9H,1-3H3,(H,18,21). The summed E-state index contributed by atoms with van der Waals surface area (Å²) in [5, 5.41) is 8.73. The zero-order valence-corrected chi connectivity index (χ0v) is 14.1. The van der Waals surface area contributed by atoms with Crippen molar-refractivity contribution in [3.05, 3.63) is 45.9 Å². The van der Waals surface area contributed by atoms with Crippen LogP contribution in [0.4, 0.5) is 5.82 Å². The first kappa shape index (κ1) is 15.1. The van der Waals surface area contributed by atoms with E-state index >= 15 is 0 Å². The summed E-state index contributed by atoms with van der Waals surface area (Å²) in [6.07, 6.45) is 0. The Kier molecular flexibility index (Phi) is 3.93. The molecule has 1 aromatic carbocycles. The average Bonchev–Trinajstić information content (AvgIpc) is 3.00. The summed E-state index contributed by atoms with van der Waals surface area (Å²) in [5.74, 6) is 0.485. The van der Waals surface area contributed by atoms with Gasteiger partial charge in [0.15, 0.2) is 0 Å². The molecule has 0 bridgehead atoms. The van der Waals surface area contributed by atoms with Crippen LogP contribution in [0.2, 0.25) is 5.02 Å². The lowest BCUT2D eigenvalue weighted by Gasteiger charge is -2.11. The number of anilines is 1. The first-order chi connectivity index (χ1) is 10.5. The van der Waals surface area contributed by atoms with Gasteiger partial charge in [-0.25, -0.2) is 4.68 Å². The quantitative estimate of drug-likeness (QED) is 0.741. The van der Waals surface area contributed by atoms with Gasteiger partial charge in [0, 0.05) is 22.2 Å². The fraction of sp³-hybridized carbons (Fsp3) is 0.250. The number of aryl methyl sites for hydroxylation is 1. The third kappa shape index (κ3) is 2.62. The number of carbonyl (C=O) groups is 1. The van der Waals surface area contributed by atoms with Gasteiger partial charge < -0.3 is 5.32 Å². The van der Waals surface area contributed by atoms with Gasteiger partial charge in [-0.1, -0.05) is 29.8 Å². The smallest absolute Gasteiger partial charge is 0.268 e. The SMILES string of the molecule is Cc1cc(NC(=O)c2sc3ccccc3c2Cl)n(C(C)C)n1. The van der Waals surface area contributed by atoms with E-state index in [0.29, 0.717) is 15.7 Å². The Morgan fingerprint density at radius 2 is 2.09 bits per heavy atom. The second kappa shape index (κ2) is 5.74. The number of hydrogen-bond acceptors (Lipinski definition) is 3. The first-order valence-corrected chi connectivity index (χ1v) is 8.21. The van der Waals surface area contributed by atoms with Crippen molar-refractivity contribution >= 4 is 44.7 Å². The van der Waals surface area contributed by atoms with Crippen LogP contribution in [0.1, 0.15) is 35.3 Å². The van der Waals surface area contributed by atoms with E-state index in [1.165, 1.54) is 11.3 Å². The highest BCUT2D eigenvalue weighted by molar-refractivity contribution is 7.21. The Morgan fingerprint density at radius 1 is 1.36 bits per heavy atom. The molecule has 2 aromatic heterocycles. The van der Waals surface area contributed by atoms with Gasteiger partial charge in [-0.2, -0.15) is 5.10 Å². The van der Waals surface area contributed by atoms with Gasteiger partial charge in [0.2, 0.25) is 0 Å². The lowest BCUT2D eigenvalue weighted by atomic mass is 10.2. The summed E-state index contributed by atoms with van der Waals surface area (Å²) in [6, 6.07) is 9.77. The summed E-state index contributed by atoms with van der Waals surface area (Å²) < 4.78 is 2.81. The van der Waals surface area contributed by atoms with Crippen LogP contribution < -0.4 is 5.32 Å². The Labute approximate surface area is 137 Å². The highest BCUT2D eigenvalue weighted by atomic mass is 35.5. The van der Waals surface area contributed by atoms with Gasteiger partial charge in [-0.3, -0.25) is 4.79 Å². The summed E-state index contributed by atoms with van der Waals surface area (Å²) >= 11 is 7.75. The Morgan fingerprint density at radius 3 is 2.77 bits per heavy atom. The fourth-order valence-electron chi connectivity index (χ4n) is 2.34. The number of nitrogens with one attached hydrogen (secondary N) is 1. The van der Waals surface area contributed by atoms with Crippen molar-refractivity contribution in [1.29, 1.82) is 0 Å². The molecular weight excluding hydrogens is 318 g/mol. The molecule has 0 unspecified atom stereocenters. The molecule has 6 heteroatoms. The minimum Gasteiger partial charge on any atom is -0.306 e. The molecular formula is C16H16ClN3OS. The minimum absolute atomic E-state index is 0.168. The van der Waals surface area contributed by atoms with Gasteiger partial charge in [-0.15, -0.1) is 11.3 Å². The molecule has 3 aromatic rings. The number of carbonyl (C=O) groups excluding carboxylic acids is 1. The van der Waals surface area contributed by atoms with Crippen LogP contribution in [0.15, 0.2) is 30.3 Å². The van der Waals surface area contributed by atoms with Gasteiger partial charge in [0.1, 0.15) is 10.7 Å². The summed E-state index contributed by atoms with van der Waals surface area (Å²) in [6.45, 7) is 5.95. The Bertz CT molecular complexity index is 850. The number of aromatic nitrogens is 2. The van der Waals surface area contributed by atoms with E-state index in [9.17, 15) is 4.79 Å². The average molecular weight is 334 g/mol. The predicted molar refractivity (Wildman–Crippen MR) is 92.1 cm³/mol. The highest BCUT2D eigenvalue weighted by Gasteiger charge is 2.19. The zero-order valence-electron chi connectivity index (χ0n) is 12.6. The van der Waals surface area contributed by atoms with E-state index in [0.717, 1.165) is 15.8 Å². The molecule has 0 aliphatic rings. The van der Waals surface area contributed by atoms with Gasteiger partial charge in [0.05, 0.1) is 10.7 Å². The molecule has 1 N–H and O–H groups in total. The third-order valence-electron chi connectivity index (χ3n) is 3.33. The molecule has 2 heterocycles. The van der Waals surface area contributed by atoms with Crippen molar-refractivity contribution in [3.8, 4) is 0 Å². The third-order valence-corrected chi connectivity index (χ3v) is 5.00. The lowest BCUT2D eigenvalue weighted by Crippen LogP contribution is -2.16. The van der Waals surface area contributed by atoms with Crippen molar-refractivity contribution in [2.24, 2.45) is 0 Å². The van der Waals surface area contributed by atoms with E-state index in [4.69, 9.17) is 11.6 Å². The maximum atomic E-state index is 12.6. The van der Waals surface area contributed by atoms with Crippen LogP contribution in [0.5, 0.6) is 0 Å². The molecule has 0 saturated heterocycles. The molecule has 4 nitrogen and oxygen atoms in total. The molecule has 0 fully saturated rings. The molecule has 0 aliphatic carbocycles. The summed E-state index contributed by atoms with van der Waals surface area (Å²) in [4.78, 5) is 13.1. The van der Waals surface area contributed by atoms with Crippen molar-refractivity contribution in [2.75, 3.05) is 5.32 Å². The molecule has 1 amide bonds. The van der Waals surface area contributed by atoms with Crippen LogP contribution in [0.25, 0.3) is 10.1 Å². The largest absolute Gasteiger partial charge is 0.306 e. The monoisotopic (exact) mass is 333 g/mol. The minimum atomic E-state index is -0.201. The van der Waals surface area contributed by atoms with Crippen molar-refractivity contribution in [3.63, 3.8) is 0 Å². The zero-order chi connectivity index (χ0) is 15.9. The van der Waals surface area contributed by atoms with Crippen LogP contribution in [-0.2, 0) is 0 Å². The van der Waals surface area contributed by atoms with Gasteiger partial charge in [0.25, 0.3) is 5.91 Å². The Hall–Kier alpha value is -1.85. The number of hydrogen-bond donors (Lipinski definition) is 1.